The number of imide groups is 1. The molecule has 0 bridgehead atoms. The van der Waals surface area contributed by atoms with Crippen LogP contribution in [-0.2, 0) is 4.79 Å². The predicted octanol–water partition coefficient (Wildman–Crippen LogP) is 2.25. The van der Waals surface area contributed by atoms with Crippen molar-refractivity contribution in [1.29, 1.82) is 0 Å². The molecule has 0 saturated heterocycles. The minimum atomic E-state index is -0.648. The Hall–Kier alpha value is -3.13. The summed E-state index contributed by atoms with van der Waals surface area (Å²) in [5, 5.41) is 3.76. The van der Waals surface area contributed by atoms with E-state index >= 15 is 0 Å². The van der Waals surface area contributed by atoms with E-state index in [1.165, 1.54) is 17.6 Å². The first-order chi connectivity index (χ1) is 12.6. The maximum atomic E-state index is 12.4. The molecule has 0 fully saturated rings. The van der Waals surface area contributed by atoms with E-state index in [2.05, 4.69) is 15.3 Å². The molecular formula is C18H14N4O3S. The Morgan fingerprint density at radius 1 is 1.27 bits per heavy atom. The van der Waals surface area contributed by atoms with Gasteiger partial charge >= 0.3 is 6.03 Å². The Balaban J connectivity index is 1.39. The Kier molecular flexibility index (Phi) is 4.18. The fraction of sp³-hybridized carbons (Fsp3) is 0.167. The predicted molar refractivity (Wildman–Crippen MR) is 99.8 cm³/mol. The Morgan fingerprint density at radius 3 is 2.96 bits per heavy atom. The summed E-state index contributed by atoms with van der Waals surface area (Å²) in [6.45, 7) is 0.230. The van der Waals surface area contributed by atoms with Crippen molar-refractivity contribution in [3.8, 4) is 0 Å². The van der Waals surface area contributed by atoms with Gasteiger partial charge in [0.25, 0.3) is 5.91 Å². The summed E-state index contributed by atoms with van der Waals surface area (Å²) in [7, 11) is 0. The number of rotatable bonds is 4. The standard InChI is InChI=1S/C18H14N4O3S/c23-16(14-10-11-4-1-2-6-13(11)26-14)20-8-9-22-17(24)12-5-3-7-19-15(12)21-18(22)25/h1-7,10,12H,8-9H2,(H,20,23). The number of allylic oxidation sites excluding steroid dienone is 1. The molecule has 3 heterocycles. The monoisotopic (exact) mass is 366 g/mol. The summed E-state index contributed by atoms with van der Waals surface area (Å²) in [4.78, 5) is 46.2. The van der Waals surface area contributed by atoms with Gasteiger partial charge in [-0.25, -0.2) is 9.79 Å². The van der Waals surface area contributed by atoms with Crippen LogP contribution in [0.15, 0.2) is 52.5 Å². The molecule has 1 atom stereocenters. The van der Waals surface area contributed by atoms with Crippen molar-refractivity contribution < 1.29 is 14.4 Å². The number of carbonyl (C=O) groups excluding carboxylic acids is 3. The molecule has 0 radical (unpaired) electrons. The third-order valence-corrected chi connectivity index (χ3v) is 5.23. The molecule has 0 saturated carbocycles. The number of hydrogen-bond acceptors (Lipinski definition) is 5. The van der Waals surface area contributed by atoms with Crippen molar-refractivity contribution in [1.82, 2.24) is 10.2 Å². The highest BCUT2D eigenvalue weighted by molar-refractivity contribution is 7.20. The van der Waals surface area contributed by atoms with Crippen molar-refractivity contribution in [3.63, 3.8) is 0 Å². The van der Waals surface area contributed by atoms with Gasteiger partial charge in [-0.1, -0.05) is 24.3 Å². The Labute approximate surface area is 152 Å². The topological polar surface area (TPSA) is 91.2 Å². The lowest BCUT2D eigenvalue weighted by Gasteiger charge is -2.27. The van der Waals surface area contributed by atoms with E-state index in [4.69, 9.17) is 0 Å². The van der Waals surface area contributed by atoms with Crippen LogP contribution in [0.1, 0.15) is 9.67 Å². The second-order valence-electron chi connectivity index (χ2n) is 5.79. The Bertz CT molecular complexity index is 972. The summed E-state index contributed by atoms with van der Waals surface area (Å²) < 4.78 is 1.03. The van der Waals surface area contributed by atoms with E-state index in [1.807, 2.05) is 30.3 Å². The fourth-order valence-corrected chi connectivity index (χ4v) is 3.81. The molecule has 2 aliphatic heterocycles. The van der Waals surface area contributed by atoms with Crippen LogP contribution < -0.4 is 5.32 Å². The molecule has 130 valence electrons. The van der Waals surface area contributed by atoms with Crippen LogP contribution >= 0.6 is 11.3 Å². The molecule has 1 aromatic heterocycles. The highest BCUT2D eigenvalue weighted by Crippen LogP contribution is 2.25. The SMILES string of the molecule is O=C(NCCN1C(=O)N=C2N=CC=CC2C1=O)c1cc2ccccc2s1. The highest BCUT2D eigenvalue weighted by Gasteiger charge is 2.36. The van der Waals surface area contributed by atoms with Crippen LogP contribution in [0.3, 0.4) is 0 Å². The van der Waals surface area contributed by atoms with Gasteiger partial charge < -0.3 is 5.32 Å². The normalized spacial score (nSPS) is 18.8. The maximum Gasteiger partial charge on any atom is 0.352 e. The van der Waals surface area contributed by atoms with Gasteiger partial charge in [-0.3, -0.25) is 14.5 Å². The molecule has 1 unspecified atom stereocenters. The minimum Gasteiger partial charge on any atom is -0.350 e. The number of amidine groups is 1. The summed E-state index contributed by atoms with van der Waals surface area (Å²) in [5.41, 5.74) is 0. The second kappa shape index (κ2) is 6.64. The lowest BCUT2D eigenvalue weighted by Crippen LogP contribution is -2.48. The van der Waals surface area contributed by atoms with Crippen LogP contribution in [0.4, 0.5) is 4.79 Å². The molecule has 8 heteroatoms. The van der Waals surface area contributed by atoms with E-state index in [9.17, 15) is 14.4 Å². The maximum absolute atomic E-state index is 12.4. The van der Waals surface area contributed by atoms with Gasteiger partial charge in [0, 0.05) is 24.0 Å². The summed E-state index contributed by atoms with van der Waals surface area (Å²) in [6.07, 6.45) is 4.80. The number of hydrogen-bond donors (Lipinski definition) is 1. The van der Waals surface area contributed by atoms with Crippen molar-refractivity contribution >= 4 is 51.3 Å². The number of nitrogens with one attached hydrogen (secondary N) is 1. The molecule has 0 aliphatic carbocycles. The summed E-state index contributed by atoms with van der Waals surface area (Å²) in [6, 6.07) is 8.93. The zero-order valence-corrected chi connectivity index (χ0v) is 14.4. The van der Waals surface area contributed by atoms with Gasteiger partial charge in [0.05, 0.1) is 4.88 Å². The number of carbonyl (C=O) groups is 3. The molecule has 1 N–H and O–H groups in total. The smallest absolute Gasteiger partial charge is 0.350 e. The van der Waals surface area contributed by atoms with E-state index in [0.717, 1.165) is 15.0 Å². The number of dihydropyridines is 1. The number of nitrogens with zero attached hydrogens (tertiary/aromatic N) is 3. The zero-order valence-electron chi connectivity index (χ0n) is 13.6. The number of urea groups is 1. The first-order valence-corrected chi connectivity index (χ1v) is 8.87. The van der Waals surface area contributed by atoms with Crippen LogP contribution in [0.2, 0.25) is 0 Å². The number of benzene rings is 1. The van der Waals surface area contributed by atoms with Crippen LogP contribution in [0.25, 0.3) is 10.1 Å². The number of aliphatic imine (C=N–C) groups is 2. The third-order valence-electron chi connectivity index (χ3n) is 4.12. The Morgan fingerprint density at radius 2 is 2.12 bits per heavy atom. The van der Waals surface area contributed by atoms with Crippen molar-refractivity contribution in [2.24, 2.45) is 15.9 Å². The molecule has 2 aliphatic rings. The van der Waals surface area contributed by atoms with Gasteiger partial charge in [0.15, 0.2) is 0 Å². The lowest BCUT2D eigenvalue weighted by molar-refractivity contribution is -0.129. The molecule has 0 spiro atoms. The molecular weight excluding hydrogens is 352 g/mol. The summed E-state index contributed by atoms with van der Waals surface area (Å²) in [5.74, 6) is -1.01. The molecule has 1 aromatic carbocycles. The summed E-state index contributed by atoms with van der Waals surface area (Å²) >= 11 is 1.40. The first kappa shape index (κ1) is 16.3. The molecule has 26 heavy (non-hydrogen) atoms. The van der Waals surface area contributed by atoms with E-state index in [-0.39, 0.29) is 30.7 Å². The van der Waals surface area contributed by atoms with Crippen molar-refractivity contribution in [2.45, 2.75) is 0 Å². The fourth-order valence-electron chi connectivity index (χ4n) is 2.83. The molecule has 7 nitrogen and oxygen atoms in total. The van der Waals surface area contributed by atoms with Crippen LogP contribution in [0.5, 0.6) is 0 Å². The molecule has 4 amide bonds. The highest BCUT2D eigenvalue weighted by atomic mass is 32.1. The van der Waals surface area contributed by atoms with Gasteiger partial charge in [-0.2, -0.15) is 4.99 Å². The van der Waals surface area contributed by atoms with Crippen molar-refractivity contribution in [2.75, 3.05) is 13.1 Å². The number of fused-ring (bicyclic) bond motifs is 2. The van der Waals surface area contributed by atoms with Gasteiger partial charge in [-0.15, -0.1) is 11.3 Å². The van der Waals surface area contributed by atoms with Gasteiger partial charge in [-0.05, 0) is 23.6 Å². The van der Waals surface area contributed by atoms with Crippen molar-refractivity contribution in [3.05, 3.63) is 47.4 Å². The average Bonchev–Trinajstić information content (AvgIpc) is 3.08. The molecule has 4 rings (SSSR count). The van der Waals surface area contributed by atoms with E-state index < -0.39 is 11.9 Å². The second-order valence-corrected chi connectivity index (χ2v) is 6.87. The number of thiophene rings is 1. The largest absolute Gasteiger partial charge is 0.352 e. The zero-order chi connectivity index (χ0) is 18.1. The molecule has 2 aromatic rings. The van der Waals surface area contributed by atoms with Gasteiger partial charge in [0.2, 0.25) is 5.91 Å². The van der Waals surface area contributed by atoms with Crippen LogP contribution in [-0.4, -0.2) is 47.9 Å². The van der Waals surface area contributed by atoms with Gasteiger partial charge in [0.1, 0.15) is 11.8 Å². The van der Waals surface area contributed by atoms with E-state index in [1.54, 1.807) is 12.2 Å². The quantitative estimate of drug-likeness (QED) is 0.900. The average molecular weight is 366 g/mol. The minimum absolute atomic E-state index is 0.0686. The number of amides is 4. The third kappa shape index (κ3) is 2.95. The van der Waals surface area contributed by atoms with E-state index in [0.29, 0.717) is 4.88 Å². The lowest BCUT2D eigenvalue weighted by atomic mass is 10.0. The first-order valence-electron chi connectivity index (χ1n) is 8.05. The van der Waals surface area contributed by atoms with Crippen LogP contribution in [0, 0.1) is 5.92 Å².